The summed E-state index contributed by atoms with van der Waals surface area (Å²) in [5.41, 5.74) is 8.28. The Balaban J connectivity index is 1.69. The molecule has 1 saturated carbocycles. The quantitative estimate of drug-likeness (QED) is 0.451. The molecule has 0 spiro atoms. The molecule has 1 amide bonds. The van der Waals surface area contributed by atoms with E-state index in [1.165, 1.54) is 38.5 Å². The molecule has 0 aliphatic heterocycles. The summed E-state index contributed by atoms with van der Waals surface area (Å²) < 4.78 is 0. The van der Waals surface area contributed by atoms with Gasteiger partial charge >= 0.3 is 0 Å². The number of hydrogen-bond acceptors (Lipinski definition) is 1. The number of carbonyl (C=O) groups is 1. The van der Waals surface area contributed by atoms with Crippen LogP contribution < -0.4 is 5.73 Å². The predicted octanol–water partition coefficient (Wildman–Crippen LogP) is 4.73. The molecule has 4 atom stereocenters. The molecule has 0 saturated heterocycles. The van der Waals surface area contributed by atoms with Gasteiger partial charge in [-0.1, -0.05) is 69.5 Å². The first-order valence-corrected chi connectivity index (χ1v) is 12.4. The van der Waals surface area contributed by atoms with Crippen LogP contribution in [0.5, 0.6) is 0 Å². The smallest absolute Gasteiger partial charge is 0.220 e. The van der Waals surface area contributed by atoms with Crippen LogP contribution in [-0.2, 0) is 4.79 Å². The molecule has 2 aliphatic carbocycles. The number of fused-ring (bicyclic) bond motifs is 1. The lowest BCUT2D eigenvalue weighted by Gasteiger charge is -2.27. The minimum absolute atomic E-state index is 0.0706. The summed E-state index contributed by atoms with van der Waals surface area (Å²) in [5.74, 6) is 1.66. The molecular formula is C21H35NOSi. The van der Waals surface area contributed by atoms with E-state index in [2.05, 4.69) is 43.1 Å². The zero-order chi connectivity index (χ0) is 17.4. The predicted molar refractivity (Wildman–Crippen MR) is 107 cm³/mol. The maximum absolute atomic E-state index is 12.0. The van der Waals surface area contributed by atoms with E-state index < -0.39 is 0 Å². The van der Waals surface area contributed by atoms with Crippen LogP contribution in [-0.4, -0.2) is 20.0 Å². The fraction of sp³-hybridized carbons (Fsp3) is 0.714. The van der Waals surface area contributed by atoms with Gasteiger partial charge in [-0.3, -0.25) is 4.79 Å². The highest BCUT2D eigenvalue weighted by atomic mass is 28.2. The topological polar surface area (TPSA) is 43.1 Å². The van der Waals surface area contributed by atoms with E-state index in [9.17, 15) is 4.79 Å². The largest absolute Gasteiger partial charge is 0.369 e. The van der Waals surface area contributed by atoms with Crippen LogP contribution in [0.3, 0.4) is 0 Å². The van der Waals surface area contributed by atoms with Gasteiger partial charge in [0.25, 0.3) is 0 Å². The van der Waals surface area contributed by atoms with Gasteiger partial charge in [-0.05, 0) is 51.8 Å². The molecule has 4 unspecified atom stereocenters. The lowest BCUT2D eigenvalue weighted by Crippen LogP contribution is -2.32. The Hall–Kier alpha value is -0.963. The molecule has 0 aromatic rings. The molecule has 0 radical (unpaired) electrons. The minimum atomic E-state index is -0.158. The molecule has 1 fully saturated rings. The fourth-order valence-electron chi connectivity index (χ4n) is 4.46. The average molecular weight is 346 g/mol. The van der Waals surface area contributed by atoms with Crippen LogP contribution >= 0.6 is 0 Å². The van der Waals surface area contributed by atoms with Gasteiger partial charge in [0.05, 0.1) is 0 Å². The second kappa shape index (κ2) is 10.1. The molecular weight excluding hydrogens is 310 g/mol. The van der Waals surface area contributed by atoms with Gasteiger partial charge in [-0.15, -0.1) is 5.67 Å². The van der Waals surface area contributed by atoms with Crippen molar-refractivity contribution in [3.05, 3.63) is 24.3 Å². The molecule has 3 heteroatoms. The van der Waals surface area contributed by atoms with Crippen LogP contribution in [0.15, 0.2) is 24.3 Å². The SMILES string of the molecule is C[Si](C)=CCCCCCCCC(C(N)=O)C1CCC2C=CC=CC21. The number of unbranched alkanes of at least 4 members (excludes halogenated alkanes) is 5. The summed E-state index contributed by atoms with van der Waals surface area (Å²) in [6.45, 7) is 4.69. The number of hydrogen-bond donors (Lipinski definition) is 1. The van der Waals surface area contributed by atoms with Crippen molar-refractivity contribution in [3.8, 4) is 0 Å². The van der Waals surface area contributed by atoms with Gasteiger partial charge in [-0.25, -0.2) is 0 Å². The maximum atomic E-state index is 12.0. The Kier molecular flexibility index (Phi) is 8.17. The van der Waals surface area contributed by atoms with E-state index in [0.29, 0.717) is 17.8 Å². The van der Waals surface area contributed by atoms with Crippen molar-refractivity contribution in [1.29, 1.82) is 0 Å². The van der Waals surface area contributed by atoms with E-state index in [0.717, 1.165) is 19.3 Å². The van der Waals surface area contributed by atoms with Gasteiger partial charge in [-0.2, -0.15) is 0 Å². The minimum Gasteiger partial charge on any atom is -0.369 e. The van der Waals surface area contributed by atoms with Gasteiger partial charge in [0.2, 0.25) is 5.91 Å². The van der Waals surface area contributed by atoms with Crippen LogP contribution in [0, 0.1) is 23.7 Å². The van der Waals surface area contributed by atoms with Crippen LogP contribution in [0.2, 0.25) is 13.1 Å². The zero-order valence-corrected chi connectivity index (χ0v) is 16.5. The molecule has 2 nitrogen and oxygen atoms in total. The molecule has 0 bridgehead atoms. The summed E-state index contributed by atoms with van der Waals surface area (Å²) in [6.07, 6.45) is 19.9. The van der Waals surface area contributed by atoms with Crippen molar-refractivity contribution < 1.29 is 4.79 Å². The van der Waals surface area contributed by atoms with Crippen molar-refractivity contribution in [2.24, 2.45) is 29.4 Å². The lowest BCUT2D eigenvalue weighted by atomic mass is 9.77. The third-order valence-corrected chi connectivity index (χ3v) is 6.88. The average Bonchev–Trinajstić information content (AvgIpc) is 2.96. The molecule has 2 aliphatic rings. The lowest BCUT2D eigenvalue weighted by molar-refractivity contribution is -0.124. The van der Waals surface area contributed by atoms with E-state index >= 15 is 0 Å². The van der Waals surface area contributed by atoms with Gasteiger partial charge in [0.1, 0.15) is 0 Å². The van der Waals surface area contributed by atoms with Crippen molar-refractivity contribution in [1.82, 2.24) is 0 Å². The molecule has 24 heavy (non-hydrogen) atoms. The molecule has 0 heterocycles. The van der Waals surface area contributed by atoms with Gasteiger partial charge in [0, 0.05) is 5.92 Å². The molecule has 2 N–H and O–H groups in total. The first-order chi connectivity index (χ1) is 11.6. The highest BCUT2D eigenvalue weighted by Crippen LogP contribution is 2.45. The summed E-state index contributed by atoms with van der Waals surface area (Å²) >= 11 is 0. The van der Waals surface area contributed by atoms with E-state index in [4.69, 9.17) is 5.73 Å². The number of amides is 1. The van der Waals surface area contributed by atoms with Gasteiger partial charge in [0.15, 0.2) is 0 Å². The fourth-order valence-corrected chi connectivity index (χ4v) is 5.24. The second-order valence-corrected chi connectivity index (χ2v) is 10.5. The summed E-state index contributed by atoms with van der Waals surface area (Å²) in [4.78, 5) is 12.0. The van der Waals surface area contributed by atoms with E-state index in [-0.39, 0.29) is 20.2 Å². The molecule has 134 valence electrons. The van der Waals surface area contributed by atoms with Crippen LogP contribution in [0.25, 0.3) is 0 Å². The van der Waals surface area contributed by atoms with E-state index in [1.54, 1.807) is 0 Å². The first-order valence-electron chi connectivity index (χ1n) is 9.87. The normalized spacial score (nSPS) is 26.2. The third kappa shape index (κ3) is 5.84. The van der Waals surface area contributed by atoms with Crippen LogP contribution in [0.4, 0.5) is 0 Å². The molecule has 0 aromatic heterocycles. The van der Waals surface area contributed by atoms with Gasteiger partial charge < -0.3 is 5.73 Å². The summed E-state index contributed by atoms with van der Waals surface area (Å²) in [7, 11) is -0.158. The first kappa shape index (κ1) is 19.4. The Morgan fingerprint density at radius 3 is 2.58 bits per heavy atom. The highest BCUT2D eigenvalue weighted by molar-refractivity contribution is 6.63. The maximum Gasteiger partial charge on any atom is 0.220 e. The Morgan fingerprint density at radius 2 is 1.83 bits per heavy atom. The second-order valence-electron chi connectivity index (χ2n) is 7.89. The van der Waals surface area contributed by atoms with Crippen molar-refractivity contribution >= 4 is 20.0 Å². The number of nitrogens with two attached hydrogens (primary N) is 1. The molecule has 0 aromatic carbocycles. The number of rotatable bonds is 10. The molecule has 2 rings (SSSR count). The highest BCUT2D eigenvalue weighted by Gasteiger charge is 2.40. The van der Waals surface area contributed by atoms with Crippen molar-refractivity contribution in [2.75, 3.05) is 0 Å². The Bertz CT molecular complexity index is 490. The zero-order valence-electron chi connectivity index (χ0n) is 15.5. The monoisotopic (exact) mass is 345 g/mol. The standard InChI is InChI=1S/C21H35NOSi/c1-24(2)16-10-6-4-3-5-7-13-20(21(22)23)19-15-14-17-11-8-9-12-18(17)19/h8-9,11-12,16-20H,3-7,10,13-15H2,1-2H3,(H2,22,23). The number of carbonyl (C=O) groups excluding carboxylic acids is 1. The number of allylic oxidation sites excluding steroid dienone is 4. The number of primary amides is 1. The van der Waals surface area contributed by atoms with Crippen molar-refractivity contribution in [2.45, 2.75) is 70.9 Å². The van der Waals surface area contributed by atoms with Crippen LogP contribution in [0.1, 0.15) is 57.8 Å². The third-order valence-electron chi connectivity index (χ3n) is 5.78. The Morgan fingerprint density at radius 1 is 1.12 bits per heavy atom. The summed E-state index contributed by atoms with van der Waals surface area (Å²) in [5, 5.41) is 0. The van der Waals surface area contributed by atoms with Crippen molar-refractivity contribution in [3.63, 3.8) is 0 Å². The van der Waals surface area contributed by atoms with E-state index in [1.807, 2.05) is 0 Å². The Labute approximate surface area is 149 Å². The summed E-state index contributed by atoms with van der Waals surface area (Å²) in [6, 6.07) is 0.